The summed E-state index contributed by atoms with van der Waals surface area (Å²) in [5.74, 6) is -3.98. The predicted octanol–water partition coefficient (Wildman–Crippen LogP) is 1.68. The Bertz CT molecular complexity index is 452. The summed E-state index contributed by atoms with van der Waals surface area (Å²) in [7, 11) is 0. The molecule has 5 heteroatoms. The lowest BCUT2D eigenvalue weighted by Gasteiger charge is -2.33. The fourth-order valence-corrected chi connectivity index (χ4v) is 2.79. The normalized spacial score (nSPS) is 17.2. The summed E-state index contributed by atoms with van der Waals surface area (Å²) >= 11 is 0. The van der Waals surface area contributed by atoms with E-state index in [4.69, 9.17) is 10.2 Å². The number of carbonyl (C=O) groups is 2. The number of benzene rings is 1. The van der Waals surface area contributed by atoms with Gasteiger partial charge in [-0.3, -0.25) is 14.5 Å². The highest BCUT2D eigenvalue weighted by Gasteiger charge is 2.36. The van der Waals surface area contributed by atoms with Gasteiger partial charge in [0, 0.05) is 6.54 Å². The molecule has 0 radical (unpaired) electrons. The van der Waals surface area contributed by atoms with Crippen LogP contribution in [0, 0.1) is 11.8 Å². The van der Waals surface area contributed by atoms with Crippen molar-refractivity contribution in [1.82, 2.24) is 4.90 Å². The number of piperidine rings is 1. The Morgan fingerprint density at radius 2 is 1.65 bits per heavy atom. The van der Waals surface area contributed by atoms with Crippen LogP contribution in [0.25, 0.3) is 0 Å². The van der Waals surface area contributed by atoms with Gasteiger partial charge >= 0.3 is 11.9 Å². The number of carboxylic acids is 2. The van der Waals surface area contributed by atoms with E-state index in [2.05, 4.69) is 17.0 Å². The van der Waals surface area contributed by atoms with E-state index in [1.807, 2.05) is 18.2 Å². The van der Waals surface area contributed by atoms with Gasteiger partial charge in [-0.05, 0) is 37.4 Å². The van der Waals surface area contributed by atoms with E-state index in [-0.39, 0.29) is 5.92 Å². The molecule has 0 bridgehead atoms. The molecule has 0 aromatic heterocycles. The number of nitrogens with zero attached hydrogens (tertiary/aromatic N) is 1. The molecule has 1 aliphatic heterocycles. The van der Waals surface area contributed by atoms with Crippen molar-refractivity contribution in [3.63, 3.8) is 0 Å². The van der Waals surface area contributed by atoms with Crippen LogP contribution in [0.4, 0.5) is 0 Å². The molecule has 2 N–H and O–H groups in total. The second-order valence-electron chi connectivity index (χ2n) is 5.25. The summed E-state index contributed by atoms with van der Waals surface area (Å²) in [6.45, 7) is 2.33. The quantitative estimate of drug-likeness (QED) is 0.801. The lowest BCUT2D eigenvalue weighted by molar-refractivity contribution is -0.158. The van der Waals surface area contributed by atoms with Crippen LogP contribution in [0.1, 0.15) is 18.4 Å². The highest BCUT2D eigenvalue weighted by atomic mass is 16.4. The number of likely N-dealkylation sites (tertiary alicyclic amines) is 1. The second kappa shape index (κ2) is 6.52. The lowest BCUT2D eigenvalue weighted by Crippen LogP contribution is -2.40. The molecule has 1 fully saturated rings. The Morgan fingerprint density at radius 1 is 1.10 bits per heavy atom. The summed E-state index contributed by atoms with van der Waals surface area (Å²) in [5, 5.41) is 18.0. The van der Waals surface area contributed by atoms with E-state index in [1.165, 1.54) is 5.56 Å². The molecule has 108 valence electrons. The Labute approximate surface area is 117 Å². The van der Waals surface area contributed by atoms with Crippen molar-refractivity contribution < 1.29 is 19.8 Å². The summed E-state index contributed by atoms with van der Waals surface area (Å²) < 4.78 is 0. The zero-order valence-corrected chi connectivity index (χ0v) is 11.2. The molecule has 20 heavy (non-hydrogen) atoms. The third-order valence-corrected chi connectivity index (χ3v) is 3.88. The number of carboxylic acid groups (broad SMARTS) is 2. The van der Waals surface area contributed by atoms with Crippen LogP contribution < -0.4 is 0 Å². The van der Waals surface area contributed by atoms with Crippen LogP contribution in [-0.2, 0) is 16.1 Å². The van der Waals surface area contributed by atoms with Crippen molar-refractivity contribution in [2.24, 2.45) is 11.8 Å². The fourth-order valence-electron chi connectivity index (χ4n) is 2.79. The first-order valence-corrected chi connectivity index (χ1v) is 6.80. The Kier molecular flexibility index (Phi) is 4.74. The summed E-state index contributed by atoms with van der Waals surface area (Å²) in [6.07, 6.45) is 1.24. The standard InChI is InChI=1S/C15H19NO4/c17-14(18)13(15(19)20)12-6-8-16(9-7-12)10-11-4-2-1-3-5-11/h1-5,12-13H,6-10H2,(H,17,18)(H,19,20). The molecule has 2 rings (SSSR count). The molecule has 0 atom stereocenters. The molecular weight excluding hydrogens is 258 g/mol. The molecule has 1 saturated heterocycles. The maximum absolute atomic E-state index is 11.0. The fraction of sp³-hybridized carbons (Fsp3) is 0.467. The minimum Gasteiger partial charge on any atom is -0.481 e. The Morgan fingerprint density at radius 3 is 2.15 bits per heavy atom. The number of hydrogen-bond donors (Lipinski definition) is 2. The highest BCUT2D eigenvalue weighted by Crippen LogP contribution is 2.26. The summed E-state index contributed by atoms with van der Waals surface area (Å²) in [6, 6.07) is 10.1. The van der Waals surface area contributed by atoms with E-state index >= 15 is 0 Å². The first-order chi connectivity index (χ1) is 9.58. The van der Waals surface area contributed by atoms with Crippen molar-refractivity contribution in [1.29, 1.82) is 0 Å². The third kappa shape index (κ3) is 3.57. The van der Waals surface area contributed by atoms with E-state index < -0.39 is 17.9 Å². The number of rotatable bonds is 5. The Hall–Kier alpha value is -1.88. The van der Waals surface area contributed by atoms with Crippen molar-refractivity contribution in [2.75, 3.05) is 13.1 Å². The first-order valence-electron chi connectivity index (χ1n) is 6.80. The van der Waals surface area contributed by atoms with E-state index in [9.17, 15) is 9.59 Å². The maximum Gasteiger partial charge on any atom is 0.318 e. The summed E-state index contributed by atoms with van der Waals surface area (Å²) in [5.41, 5.74) is 1.22. The van der Waals surface area contributed by atoms with Crippen LogP contribution in [0.5, 0.6) is 0 Å². The van der Waals surface area contributed by atoms with Gasteiger partial charge in [0.05, 0.1) is 0 Å². The maximum atomic E-state index is 11.0. The van der Waals surface area contributed by atoms with Gasteiger partial charge in [-0.2, -0.15) is 0 Å². The van der Waals surface area contributed by atoms with Gasteiger partial charge in [-0.25, -0.2) is 0 Å². The second-order valence-corrected chi connectivity index (χ2v) is 5.25. The van der Waals surface area contributed by atoms with Crippen molar-refractivity contribution in [3.8, 4) is 0 Å². The minimum atomic E-state index is -1.27. The molecule has 0 saturated carbocycles. The van der Waals surface area contributed by atoms with Gasteiger partial charge in [0.1, 0.15) is 0 Å². The van der Waals surface area contributed by atoms with Gasteiger partial charge in [-0.15, -0.1) is 0 Å². The highest BCUT2D eigenvalue weighted by molar-refractivity contribution is 5.93. The SMILES string of the molecule is O=C(O)C(C(=O)O)C1CCN(Cc2ccccc2)CC1. The average Bonchev–Trinajstić information content (AvgIpc) is 2.41. The summed E-state index contributed by atoms with van der Waals surface area (Å²) in [4.78, 5) is 24.3. The van der Waals surface area contributed by atoms with Crippen molar-refractivity contribution in [3.05, 3.63) is 35.9 Å². The largest absolute Gasteiger partial charge is 0.481 e. The zero-order valence-electron chi connectivity index (χ0n) is 11.2. The van der Waals surface area contributed by atoms with E-state index in [0.29, 0.717) is 12.8 Å². The zero-order chi connectivity index (χ0) is 14.5. The molecule has 5 nitrogen and oxygen atoms in total. The topological polar surface area (TPSA) is 77.8 Å². The molecular formula is C15H19NO4. The van der Waals surface area contributed by atoms with E-state index in [0.717, 1.165) is 19.6 Å². The van der Waals surface area contributed by atoms with Crippen LogP contribution >= 0.6 is 0 Å². The number of aliphatic carboxylic acids is 2. The lowest BCUT2D eigenvalue weighted by atomic mass is 9.84. The molecule has 1 heterocycles. The van der Waals surface area contributed by atoms with Crippen LogP contribution in [0.2, 0.25) is 0 Å². The van der Waals surface area contributed by atoms with Gasteiger partial charge in [0.25, 0.3) is 0 Å². The van der Waals surface area contributed by atoms with Crippen LogP contribution in [0.15, 0.2) is 30.3 Å². The van der Waals surface area contributed by atoms with Crippen molar-refractivity contribution >= 4 is 11.9 Å². The van der Waals surface area contributed by atoms with Gasteiger partial charge in [0.15, 0.2) is 5.92 Å². The molecule has 1 aromatic rings. The number of hydrogen-bond acceptors (Lipinski definition) is 3. The van der Waals surface area contributed by atoms with Gasteiger partial charge in [0.2, 0.25) is 0 Å². The molecule has 0 amide bonds. The van der Waals surface area contributed by atoms with Crippen LogP contribution in [-0.4, -0.2) is 40.1 Å². The molecule has 1 aliphatic rings. The minimum absolute atomic E-state index is 0.267. The molecule has 0 spiro atoms. The molecule has 0 aliphatic carbocycles. The third-order valence-electron chi connectivity index (χ3n) is 3.88. The molecule has 1 aromatic carbocycles. The van der Waals surface area contributed by atoms with Crippen molar-refractivity contribution in [2.45, 2.75) is 19.4 Å². The predicted molar refractivity (Wildman–Crippen MR) is 73.2 cm³/mol. The van der Waals surface area contributed by atoms with Crippen LogP contribution in [0.3, 0.4) is 0 Å². The smallest absolute Gasteiger partial charge is 0.318 e. The monoisotopic (exact) mass is 277 g/mol. The first kappa shape index (κ1) is 14.5. The van der Waals surface area contributed by atoms with Gasteiger partial charge in [-0.1, -0.05) is 30.3 Å². The Balaban J connectivity index is 1.89. The average molecular weight is 277 g/mol. The van der Waals surface area contributed by atoms with Gasteiger partial charge < -0.3 is 10.2 Å². The molecule has 0 unspecified atom stereocenters. The van der Waals surface area contributed by atoms with E-state index in [1.54, 1.807) is 0 Å².